The molecule has 0 bridgehead atoms. The second-order valence-corrected chi connectivity index (χ2v) is 7.27. The summed E-state index contributed by atoms with van der Waals surface area (Å²) in [5.74, 6) is -1.28. The predicted molar refractivity (Wildman–Crippen MR) is 114 cm³/mol. The van der Waals surface area contributed by atoms with Crippen LogP contribution < -0.4 is 16.2 Å². The second-order valence-electron chi connectivity index (χ2n) is 6.86. The fourth-order valence-electron chi connectivity index (χ4n) is 2.38. The highest BCUT2D eigenvalue weighted by Gasteiger charge is 2.20. The third kappa shape index (κ3) is 6.77. The zero-order valence-electron chi connectivity index (χ0n) is 17.0. The van der Waals surface area contributed by atoms with Gasteiger partial charge in [0.1, 0.15) is 12.4 Å². The molecule has 0 amide bonds. The van der Waals surface area contributed by atoms with Gasteiger partial charge >= 0.3 is 11.7 Å². The molecule has 0 aliphatic carbocycles. The van der Waals surface area contributed by atoms with Crippen LogP contribution in [-0.4, -0.2) is 61.3 Å². The normalized spacial score (nSPS) is 11.2. The van der Waals surface area contributed by atoms with E-state index in [0.717, 1.165) is 5.69 Å². The maximum atomic E-state index is 11.9. The van der Waals surface area contributed by atoms with Crippen LogP contribution in [0.2, 0.25) is 5.02 Å². The molecule has 1 aromatic carbocycles. The lowest BCUT2D eigenvalue weighted by Crippen LogP contribution is -2.50. The molecule has 6 N–H and O–H groups in total. The zero-order valence-corrected chi connectivity index (χ0v) is 17.7. The highest BCUT2D eigenvalue weighted by atomic mass is 35.5. The molecule has 0 radical (unpaired) electrons. The Morgan fingerprint density at radius 3 is 2.44 bits per heavy atom. The van der Waals surface area contributed by atoms with Crippen LogP contribution in [0.3, 0.4) is 0 Å². The summed E-state index contributed by atoms with van der Waals surface area (Å²) in [6, 6.07) is 8.50. The highest BCUT2D eigenvalue weighted by molar-refractivity contribution is 6.32. The maximum Gasteiger partial charge on any atom is 0.419 e. The minimum atomic E-state index is -1.21. The van der Waals surface area contributed by atoms with Gasteiger partial charge in [-0.1, -0.05) is 17.7 Å². The Hall–Kier alpha value is -2.96. The SMILES string of the molecule is NC(CO)(CO)CO.O=C(O)CCn1c(=O)oc2cc(OCc3ccccn3)c(Cl)cc21. The summed E-state index contributed by atoms with van der Waals surface area (Å²) in [4.78, 5) is 26.7. The molecule has 0 aliphatic rings. The third-order valence-corrected chi connectivity index (χ3v) is 4.61. The van der Waals surface area contributed by atoms with E-state index in [1.165, 1.54) is 16.7 Å². The number of aromatic nitrogens is 2. The Morgan fingerprint density at radius 1 is 1.22 bits per heavy atom. The molecule has 0 spiro atoms. The Morgan fingerprint density at radius 2 is 1.91 bits per heavy atom. The number of hydrogen-bond acceptors (Lipinski definition) is 9. The van der Waals surface area contributed by atoms with Crippen molar-refractivity contribution in [3.63, 3.8) is 0 Å². The molecule has 0 saturated heterocycles. The molecule has 2 aromatic heterocycles. The summed E-state index contributed by atoms with van der Waals surface area (Å²) < 4.78 is 12.0. The largest absolute Gasteiger partial charge is 0.486 e. The van der Waals surface area contributed by atoms with Crippen molar-refractivity contribution < 1.29 is 34.4 Å². The Bertz CT molecular complexity index is 1070. The van der Waals surface area contributed by atoms with E-state index in [2.05, 4.69) is 4.98 Å². The fourth-order valence-corrected chi connectivity index (χ4v) is 2.59. The number of aliphatic hydroxyl groups is 3. The number of hydrogen-bond donors (Lipinski definition) is 5. The van der Waals surface area contributed by atoms with Gasteiger partial charge in [-0.2, -0.15) is 0 Å². The van der Waals surface area contributed by atoms with E-state index < -0.39 is 37.1 Å². The van der Waals surface area contributed by atoms with Gasteiger partial charge in [-0.3, -0.25) is 14.3 Å². The average Bonchev–Trinajstić information content (AvgIpc) is 3.10. The van der Waals surface area contributed by atoms with E-state index in [0.29, 0.717) is 16.3 Å². The first-order valence-electron chi connectivity index (χ1n) is 9.42. The average molecular weight is 470 g/mol. The highest BCUT2D eigenvalue weighted by Crippen LogP contribution is 2.30. The van der Waals surface area contributed by atoms with Gasteiger partial charge in [0, 0.05) is 18.8 Å². The van der Waals surface area contributed by atoms with Crippen molar-refractivity contribution >= 4 is 28.7 Å². The van der Waals surface area contributed by atoms with Gasteiger partial charge in [0.15, 0.2) is 5.58 Å². The van der Waals surface area contributed by atoms with Crippen LogP contribution in [0.1, 0.15) is 12.1 Å². The Kier molecular flexibility index (Phi) is 9.17. The monoisotopic (exact) mass is 469 g/mol. The molecule has 2 heterocycles. The molecule has 12 heteroatoms. The molecule has 3 rings (SSSR count). The standard InChI is InChI=1S/C16H13ClN2O5.C4H11NO3/c17-11-7-12-14(24-16(22)19(12)6-4-15(20)21)8-13(11)23-9-10-3-1-2-5-18-10;5-4(1-6,2-7)3-8/h1-3,5,7-8H,4,6,9H2,(H,20,21);6-8H,1-3,5H2. The molecule has 0 aliphatic heterocycles. The lowest BCUT2D eigenvalue weighted by atomic mass is 10.1. The van der Waals surface area contributed by atoms with Gasteiger partial charge in [-0.25, -0.2) is 4.79 Å². The molecule has 3 aromatic rings. The number of pyridine rings is 1. The Labute approximate surface area is 187 Å². The van der Waals surface area contributed by atoms with E-state index in [1.807, 2.05) is 12.1 Å². The van der Waals surface area contributed by atoms with Crippen LogP contribution in [0.4, 0.5) is 0 Å². The van der Waals surface area contributed by atoms with Gasteiger partial charge in [-0.15, -0.1) is 0 Å². The summed E-state index contributed by atoms with van der Waals surface area (Å²) in [5, 5.41) is 34.1. The summed E-state index contributed by atoms with van der Waals surface area (Å²) in [5.41, 5.74) is 5.38. The van der Waals surface area contributed by atoms with E-state index >= 15 is 0 Å². The van der Waals surface area contributed by atoms with E-state index in [-0.39, 0.29) is 25.2 Å². The number of fused-ring (bicyclic) bond motifs is 1. The molecule has 0 saturated carbocycles. The number of carboxylic acids is 1. The molecular formula is C20H24ClN3O8. The van der Waals surface area contributed by atoms with Crippen molar-refractivity contribution in [1.82, 2.24) is 9.55 Å². The lowest BCUT2D eigenvalue weighted by molar-refractivity contribution is -0.137. The molecular weight excluding hydrogens is 446 g/mol. The first kappa shape index (κ1) is 25.3. The number of oxazole rings is 1. The number of aliphatic hydroxyl groups excluding tert-OH is 3. The molecule has 0 atom stereocenters. The van der Waals surface area contributed by atoms with Crippen LogP contribution in [-0.2, 0) is 17.9 Å². The number of carboxylic acid groups (broad SMARTS) is 1. The van der Waals surface area contributed by atoms with Crippen LogP contribution in [0.25, 0.3) is 11.1 Å². The van der Waals surface area contributed by atoms with Crippen LogP contribution in [0.15, 0.2) is 45.7 Å². The molecule has 0 unspecified atom stereocenters. The summed E-state index contributed by atoms with van der Waals surface area (Å²) in [6.45, 7) is -0.984. The minimum Gasteiger partial charge on any atom is -0.486 e. The van der Waals surface area contributed by atoms with Crippen molar-refractivity contribution in [3.05, 3.63) is 57.8 Å². The summed E-state index contributed by atoms with van der Waals surface area (Å²) in [6.07, 6.45) is 1.47. The maximum absolute atomic E-state index is 11.9. The van der Waals surface area contributed by atoms with E-state index in [4.69, 9.17) is 46.9 Å². The smallest absolute Gasteiger partial charge is 0.419 e. The number of benzene rings is 1. The number of halogens is 1. The predicted octanol–water partition coefficient (Wildman–Crippen LogP) is 0.357. The van der Waals surface area contributed by atoms with Gasteiger partial charge in [-0.05, 0) is 18.2 Å². The van der Waals surface area contributed by atoms with Crippen LogP contribution >= 0.6 is 11.6 Å². The zero-order chi connectivity index (χ0) is 23.7. The fraction of sp³-hybridized carbons (Fsp3) is 0.350. The summed E-state index contributed by atoms with van der Waals surface area (Å²) in [7, 11) is 0. The van der Waals surface area contributed by atoms with Gasteiger partial charge in [0.05, 0.1) is 48.0 Å². The van der Waals surface area contributed by atoms with Crippen molar-refractivity contribution in [1.29, 1.82) is 0 Å². The lowest BCUT2D eigenvalue weighted by Gasteiger charge is -2.20. The van der Waals surface area contributed by atoms with Crippen molar-refractivity contribution in [3.8, 4) is 5.75 Å². The van der Waals surface area contributed by atoms with Crippen molar-refractivity contribution in [2.24, 2.45) is 5.73 Å². The first-order chi connectivity index (χ1) is 15.2. The number of ether oxygens (including phenoxy) is 1. The minimum absolute atomic E-state index is 0.00559. The summed E-state index contributed by atoms with van der Waals surface area (Å²) >= 11 is 6.19. The van der Waals surface area contributed by atoms with E-state index in [1.54, 1.807) is 12.3 Å². The molecule has 0 fully saturated rings. The molecule has 11 nitrogen and oxygen atoms in total. The first-order valence-corrected chi connectivity index (χ1v) is 9.79. The number of carbonyl (C=O) groups is 1. The van der Waals surface area contributed by atoms with Gasteiger partial charge in [0.25, 0.3) is 0 Å². The topological polar surface area (TPSA) is 181 Å². The Balaban J connectivity index is 0.000000390. The van der Waals surface area contributed by atoms with Gasteiger partial charge < -0.3 is 35.3 Å². The number of nitrogens with zero attached hydrogens (tertiary/aromatic N) is 2. The number of rotatable bonds is 9. The quantitative estimate of drug-likeness (QED) is 0.293. The molecule has 174 valence electrons. The number of aryl methyl sites for hydroxylation is 1. The van der Waals surface area contributed by atoms with Crippen LogP contribution in [0, 0.1) is 0 Å². The van der Waals surface area contributed by atoms with E-state index in [9.17, 15) is 9.59 Å². The molecule has 32 heavy (non-hydrogen) atoms. The van der Waals surface area contributed by atoms with Crippen molar-refractivity contribution in [2.75, 3.05) is 19.8 Å². The third-order valence-electron chi connectivity index (χ3n) is 4.32. The van der Waals surface area contributed by atoms with Crippen molar-refractivity contribution in [2.45, 2.75) is 25.1 Å². The number of aliphatic carboxylic acids is 1. The van der Waals surface area contributed by atoms with Gasteiger partial charge in [0.2, 0.25) is 0 Å². The number of nitrogens with two attached hydrogens (primary N) is 1. The van der Waals surface area contributed by atoms with Crippen LogP contribution in [0.5, 0.6) is 5.75 Å². The second kappa shape index (κ2) is 11.6.